The third-order valence-electron chi connectivity index (χ3n) is 5.62. The lowest BCUT2D eigenvalue weighted by Gasteiger charge is -2.36. The maximum Gasteiger partial charge on any atom is 0.243 e. The number of hydrogen-bond donors (Lipinski definition) is 2. The minimum absolute atomic E-state index is 0.0319. The van der Waals surface area contributed by atoms with Gasteiger partial charge in [-0.2, -0.15) is 4.31 Å². The maximum absolute atomic E-state index is 13.1. The van der Waals surface area contributed by atoms with Crippen LogP contribution in [0, 0.1) is 5.82 Å². The fourth-order valence-electron chi connectivity index (χ4n) is 3.58. The lowest BCUT2D eigenvalue weighted by atomic mass is 10.1. The van der Waals surface area contributed by atoms with Crippen LogP contribution in [-0.4, -0.2) is 70.7 Å². The quantitative estimate of drug-likeness (QED) is 0.546. The molecule has 1 heterocycles. The van der Waals surface area contributed by atoms with E-state index in [1.54, 1.807) is 19.1 Å². The van der Waals surface area contributed by atoms with Crippen LogP contribution in [0.3, 0.4) is 0 Å². The lowest BCUT2D eigenvalue weighted by Crippen LogP contribution is -2.55. The summed E-state index contributed by atoms with van der Waals surface area (Å²) in [4.78, 5) is 14.5. The number of hydrogen-bond acceptors (Lipinski definition) is 6. The number of benzene rings is 2. The first-order valence-corrected chi connectivity index (χ1v) is 13.4. The number of halogens is 1. The summed E-state index contributed by atoms with van der Waals surface area (Å²) in [6.45, 7) is 3.38. The highest BCUT2D eigenvalue weighted by atomic mass is 32.2. The van der Waals surface area contributed by atoms with Crippen molar-refractivity contribution in [1.29, 1.82) is 0 Å². The number of carbonyl (C=O) groups excluding carboxylic acids is 1. The summed E-state index contributed by atoms with van der Waals surface area (Å²) < 4.78 is 62.5. The third-order valence-corrected chi connectivity index (χ3v) is 8.46. The Morgan fingerprint density at radius 3 is 2.06 bits per heavy atom. The van der Waals surface area contributed by atoms with E-state index in [0.717, 1.165) is 17.7 Å². The second-order valence-corrected chi connectivity index (χ2v) is 11.3. The second-order valence-electron chi connectivity index (χ2n) is 7.80. The highest BCUT2D eigenvalue weighted by Crippen LogP contribution is 2.19. The van der Waals surface area contributed by atoms with Crippen LogP contribution in [0.2, 0.25) is 0 Å². The largest absolute Gasteiger partial charge is 0.354 e. The molecule has 12 heteroatoms. The van der Waals surface area contributed by atoms with Crippen molar-refractivity contribution in [3.05, 3.63) is 59.9 Å². The Kier molecular flexibility index (Phi) is 7.85. The molecule has 0 spiro atoms. The van der Waals surface area contributed by atoms with Gasteiger partial charge in [0.05, 0.1) is 15.8 Å². The van der Waals surface area contributed by atoms with E-state index in [4.69, 9.17) is 5.14 Å². The van der Waals surface area contributed by atoms with Gasteiger partial charge in [0, 0.05) is 32.7 Å². The fraction of sp³-hybridized carbons (Fsp3) is 0.381. The summed E-state index contributed by atoms with van der Waals surface area (Å²) in [5, 5.41) is 7.93. The Bertz CT molecular complexity index is 1180. The van der Waals surface area contributed by atoms with Gasteiger partial charge < -0.3 is 5.32 Å². The molecule has 2 aromatic carbocycles. The average molecular weight is 499 g/mol. The molecule has 0 radical (unpaired) electrons. The van der Waals surface area contributed by atoms with E-state index < -0.39 is 31.9 Å². The number of piperazine rings is 1. The van der Waals surface area contributed by atoms with E-state index >= 15 is 0 Å². The van der Waals surface area contributed by atoms with Crippen molar-refractivity contribution in [3.63, 3.8) is 0 Å². The summed E-state index contributed by atoms with van der Waals surface area (Å²) in [5.74, 6) is -0.676. The molecule has 0 aliphatic carbocycles. The molecule has 3 N–H and O–H groups in total. The molecule has 33 heavy (non-hydrogen) atoms. The Morgan fingerprint density at radius 2 is 1.52 bits per heavy atom. The van der Waals surface area contributed by atoms with Crippen LogP contribution in [0.25, 0.3) is 0 Å². The van der Waals surface area contributed by atoms with Crippen LogP contribution in [-0.2, 0) is 31.3 Å². The molecule has 1 amide bonds. The smallest absolute Gasteiger partial charge is 0.243 e. The van der Waals surface area contributed by atoms with Crippen LogP contribution in [0.1, 0.15) is 12.5 Å². The second kappa shape index (κ2) is 10.3. The molecule has 0 aromatic heterocycles. The van der Waals surface area contributed by atoms with Crippen molar-refractivity contribution < 1.29 is 26.0 Å². The minimum Gasteiger partial charge on any atom is -0.354 e. The highest BCUT2D eigenvalue weighted by Gasteiger charge is 2.31. The summed E-state index contributed by atoms with van der Waals surface area (Å²) in [6.07, 6.45) is 0.521. The molecular formula is C21H27FN4O5S2. The Balaban J connectivity index is 1.47. The van der Waals surface area contributed by atoms with E-state index in [0.29, 0.717) is 26.1 Å². The number of nitrogens with zero attached hydrogens (tertiary/aromatic N) is 2. The predicted molar refractivity (Wildman–Crippen MR) is 121 cm³/mol. The number of nitrogens with one attached hydrogen (secondary N) is 1. The zero-order chi connectivity index (χ0) is 24.2. The van der Waals surface area contributed by atoms with E-state index in [2.05, 4.69) is 5.32 Å². The molecule has 180 valence electrons. The molecule has 1 fully saturated rings. The molecule has 9 nitrogen and oxygen atoms in total. The van der Waals surface area contributed by atoms with Crippen LogP contribution < -0.4 is 10.5 Å². The number of carbonyl (C=O) groups is 1. The molecular weight excluding hydrogens is 471 g/mol. The molecule has 3 rings (SSSR count). The standard InChI is InChI=1S/C21H27FN4O5S2/c1-16(21(27)24-11-10-17-2-6-19(7-3-17)32(23,28)29)25-12-14-26(15-13-25)33(30,31)20-8-4-18(22)5-9-20/h2-9,16H,10-15H2,1H3,(H,24,27)(H2,23,28,29). The molecule has 0 saturated carbocycles. The molecule has 1 aliphatic heterocycles. The van der Waals surface area contributed by atoms with Crippen molar-refractivity contribution >= 4 is 26.0 Å². The van der Waals surface area contributed by atoms with Gasteiger partial charge in [0.15, 0.2) is 0 Å². The monoisotopic (exact) mass is 498 g/mol. The number of amides is 1. The number of rotatable bonds is 8. The van der Waals surface area contributed by atoms with Crippen molar-refractivity contribution in [2.45, 2.75) is 29.2 Å². The van der Waals surface area contributed by atoms with Gasteiger partial charge in [0.2, 0.25) is 26.0 Å². The van der Waals surface area contributed by atoms with Gasteiger partial charge >= 0.3 is 0 Å². The Labute approximate surface area is 193 Å². The number of nitrogens with two attached hydrogens (primary N) is 1. The molecule has 0 bridgehead atoms. The Morgan fingerprint density at radius 1 is 0.970 bits per heavy atom. The van der Waals surface area contributed by atoms with Crippen molar-refractivity contribution in [3.8, 4) is 0 Å². The zero-order valence-corrected chi connectivity index (χ0v) is 19.8. The van der Waals surface area contributed by atoms with E-state index in [1.807, 2.05) is 4.90 Å². The average Bonchev–Trinajstić information content (AvgIpc) is 2.78. The van der Waals surface area contributed by atoms with Crippen molar-refractivity contribution in [1.82, 2.24) is 14.5 Å². The topological polar surface area (TPSA) is 130 Å². The summed E-state index contributed by atoms with van der Waals surface area (Å²) >= 11 is 0. The van der Waals surface area contributed by atoms with Gasteiger partial charge in [-0.15, -0.1) is 0 Å². The van der Waals surface area contributed by atoms with Gasteiger partial charge in [-0.1, -0.05) is 12.1 Å². The molecule has 2 aromatic rings. The zero-order valence-electron chi connectivity index (χ0n) is 18.1. The molecule has 1 atom stereocenters. The SMILES string of the molecule is CC(C(=O)NCCc1ccc(S(N)(=O)=O)cc1)N1CCN(S(=O)(=O)c2ccc(F)cc2)CC1. The minimum atomic E-state index is -3.74. The summed E-state index contributed by atoms with van der Waals surface area (Å²) in [6, 6.07) is 10.4. The van der Waals surface area contributed by atoms with E-state index in [-0.39, 0.29) is 28.8 Å². The van der Waals surface area contributed by atoms with Crippen molar-refractivity contribution in [2.24, 2.45) is 5.14 Å². The third kappa shape index (κ3) is 6.36. The maximum atomic E-state index is 13.1. The van der Waals surface area contributed by atoms with Gasteiger partial charge in [-0.05, 0) is 55.3 Å². The fourth-order valence-corrected chi connectivity index (χ4v) is 5.51. The van der Waals surface area contributed by atoms with Gasteiger partial charge in [0.1, 0.15) is 5.82 Å². The highest BCUT2D eigenvalue weighted by molar-refractivity contribution is 7.89. The van der Waals surface area contributed by atoms with Gasteiger partial charge in [-0.3, -0.25) is 9.69 Å². The number of sulfonamides is 2. The molecule has 1 aliphatic rings. The summed E-state index contributed by atoms with van der Waals surface area (Å²) in [7, 11) is -7.45. The van der Waals surface area contributed by atoms with E-state index in [1.165, 1.54) is 28.6 Å². The molecule has 1 unspecified atom stereocenters. The predicted octanol–water partition coefficient (Wildman–Crippen LogP) is 0.527. The Hall–Kier alpha value is -2.38. The van der Waals surface area contributed by atoms with E-state index in [9.17, 15) is 26.0 Å². The van der Waals surface area contributed by atoms with Gasteiger partial charge in [0.25, 0.3) is 0 Å². The van der Waals surface area contributed by atoms with Crippen molar-refractivity contribution in [2.75, 3.05) is 32.7 Å². The summed E-state index contributed by atoms with van der Waals surface area (Å²) in [5.41, 5.74) is 0.856. The van der Waals surface area contributed by atoms with Crippen LogP contribution in [0.5, 0.6) is 0 Å². The van der Waals surface area contributed by atoms with Crippen LogP contribution in [0.15, 0.2) is 58.3 Å². The first kappa shape index (κ1) is 25.2. The van der Waals surface area contributed by atoms with Gasteiger partial charge in [-0.25, -0.2) is 26.4 Å². The normalized spacial score (nSPS) is 16.9. The number of primary sulfonamides is 1. The van der Waals surface area contributed by atoms with Crippen LogP contribution in [0.4, 0.5) is 4.39 Å². The first-order chi connectivity index (χ1) is 15.5. The van der Waals surface area contributed by atoms with Crippen LogP contribution >= 0.6 is 0 Å². The first-order valence-electron chi connectivity index (χ1n) is 10.4. The molecule has 1 saturated heterocycles. The lowest BCUT2D eigenvalue weighted by molar-refractivity contribution is -0.126.